The number of nitrogens with zero attached hydrogens (tertiary/aromatic N) is 1. The van der Waals surface area contributed by atoms with Gasteiger partial charge in [0.15, 0.2) is 0 Å². The third kappa shape index (κ3) is 3.68. The quantitative estimate of drug-likeness (QED) is 0.747. The van der Waals surface area contributed by atoms with E-state index in [1.54, 1.807) is 0 Å². The maximum absolute atomic E-state index is 12.0. The van der Waals surface area contributed by atoms with Crippen LogP contribution in [0.3, 0.4) is 0 Å². The summed E-state index contributed by atoms with van der Waals surface area (Å²) in [7, 11) is 0. The SMILES string of the molecule is CCOC1CCN(C(=O)C[C@@H]2CCOC2)CC1. The molecule has 0 unspecified atom stereocenters. The van der Waals surface area contributed by atoms with E-state index in [9.17, 15) is 4.79 Å². The number of piperidine rings is 1. The minimum Gasteiger partial charge on any atom is -0.381 e. The van der Waals surface area contributed by atoms with Crippen LogP contribution in [0.5, 0.6) is 0 Å². The van der Waals surface area contributed by atoms with Crippen molar-refractivity contribution < 1.29 is 14.3 Å². The predicted octanol–water partition coefficient (Wildman–Crippen LogP) is 1.44. The first-order valence-electron chi connectivity index (χ1n) is 6.76. The van der Waals surface area contributed by atoms with E-state index in [1.165, 1.54) is 0 Å². The smallest absolute Gasteiger partial charge is 0.222 e. The van der Waals surface area contributed by atoms with Crippen LogP contribution in [0.15, 0.2) is 0 Å². The highest BCUT2D eigenvalue weighted by molar-refractivity contribution is 5.76. The molecule has 0 aromatic heterocycles. The Balaban J connectivity index is 1.70. The van der Waals surface area contributed by atoms with Crippen molar-refractivity contribution in [1.29, 1.82) is 0 Å². The Morgan fingerprint density at radius 1 is 1.35 bits per heavy atom. The summed E-state index contributed by atoms with van der Waals surface area (Å²) in [5, 5.41) is 0. The summed E-state index contributed by atoms with van der Waals surface area (Å²) in [6.45, 7) is 6.11. The van der Waals surface area contributed by atoms with Gasteiger partial charge < -0.3 is 14.4 Å². The van der Waals surface area contributed by atoms with Gasteiger partial charge in [0.05, 0.1) is 6.10 Å². The minimum absolute atomic E-state index is 0.301. The molecule has 0 aromatic carbocycles. The van der Waals surface area contributed by atoms with Gasteiger partial charge in [0.2, 0.25) is 5.91 Å². The molecule has 0 radical (unpaired) electrons. The van der Waals surface area contributed by atoms with Gasteiger partial charge in [0.1, 0.15) is 0 Å². The Labute approximate surface area is 103 Å². The van der Waals surface area contributed by atoms with E-state index < -0.39 is 0 Å². The lowest BCUT2D eigenvalue weighted by Gasteiger charge is -2.32. The molecule has 2 heterocycles. The first-order valence-corrected chi connectivity index (χ1v) is 6.76. The molecule has 1 amide bonds. The Morgan fingerprint density at radius 2 is 2.12 bits per heavy atom. The van der Waals surface area contributed by atoms with E-state index in [0.717, 1.165) is 52.2 Å². The lowest BCUT2D eigenvalue weighted by molar-refractivity contribution is -0.134. The number of carbonyl (C=O) groups excluding carboxylic acids is 1. The molecule has 2 aliphatic rings. The molecule has 0 aliphatic carbocycles. The molecule has 98 valence electrons. The average molecular weight is 241 g/mol. The van der Waals surface area contributed by atoms with Crippen LogP contribution in [-0.2, 0) is 14.3 Å². The van der Waals surface area contributed by atoms with Crippen LogP contribution in [0, 0.1) is 5.92 Å². The number of carbonyl (C=O) groups is 1. The van der Waals surface area contributed by atoms with Crippen LogP contribution < -0.4 is 0 Å². The van der Waals surface area contributed by atoms with Crippen molar-refractivity contribution in [2.45, 2.75) is 38.7 Å². The van der Waals surface area contributed by atoms with E-state index in [4.69, 9.17) is 9.47 Å². The summed E-state index contributed by atoms with van der Waals surface area (Å²) in [6.07, 6.45) is 4.04. The van der Waals surface area contributed by atoms with Crippen molar-refractivity contribution in [3.8, 4) is 0 Å². The molecule has 0 saturated carbocycles. The number of hydrogen-bond donors (Lipinski definition) is 0. The van der Waals surface area contributed by atoms with Crippen LogP contribution >= 0.6 is 0 Å². The Bertz CT molecular complexity index is 243. The topological polar surface area (TPSA) is 38.8 Å². The molecule has 17 heavy (non-hydrogen) atoms. The molecule has 0 N–H and O–H groups in total. The second kappa shape index (κ2) is 6.36. The number of ether oxygens (including phenoxy) is 2. The van der Waals surface area contributed by atoms with Crippen LogP contribution in [0.4, 0.5) is 0 Å². The van der Waals surface area contributed by atoms with E-state index in [2.05, 4.69) is 0 Å². The molecule has 0 aromatic rings. The van der Waals surface area contributed by atoms with Gasteiger partial charge in [0.25, 0.3) is 0 Å². The zero-order valence-corrected chi connectivity index (χ0v) is 10.7. The van der Waals surface area contributed by atoms with Crippen LogP contribution in [-0.4, -0.2) is 49.8 Å². The molecule has 1 atom stereocenters. The Hall–Kier alpha value is -0.610. The molecular weight excluding hydrogens is 218 g/mol. The molecule has 0 spiro atoms. The number of rotatable bonds is 4. The van der Waals surface area contributed by atoms with Crippen molar-refractivity contribution in [2.24, 2.45) is 5.92 Å². The van der Waals surface area contributed by atoms with Crippen molar-refractivity contribution in [3.05, 3.63) is 0 Å². The largest absolute Gasteiger partial charge is 0.381 e. The van der Waals surface area contributed by atoms with Crippen molar-refractivity contribution in [2.75, 3.05) is 32.9 Å². The van der Waals surface area contributed by atoms with E-state index >= 15 is 0 Å². The number of hydrogen-bond acceptors (Lipinski definition) is 3. The summed E-state index contributed by atoms with van der Waals surface area (Å²) in [6, 6.07) is 0. The van der Waals surface area contributed by atoms with Crippen molar-refractivity contribution in [1.82, 2.24) is 4.90 Å². The molecule has 2 aliphatic heterocycles. The van der Waals surface area contributed by atoms with Crippen molar-refractivity contribution >= 4 is 5.91 Å². The summed E-state index contributed by atoms with van der Waals surface area (Å²) >= 11 is 0. The lowest BCUT2D eigenvalue weighted by Crippen LogP contribution is -2.41. The third-order valence-electron chi connectivity index (χ3n) is 3.68. The van der Waals surface area contributed by atoms with Crippen LogP contribution in [0.1, 0.15) is 32.6 Å². The zero-order valence-electron chi connectivity index (χ0n) is 10.7. The molecule has 2 saturated heterocycles. The Kier molecular flexibility index (Phi) is 4.80. The molecular formula is C13H23NO3. The summed E-state index contributed by atoms with van der Waals surface area (Å²) in [5.74, 6) is 0.752. The first kappa shape index (κ1) is 12.8. The van der Waals surface area contributed by atoms with Gasteiger partial charge in [-0.1, -0.05) is 0 Å². The molecule has 4 nitrogen and oxygen atoms in total. The van der Waals surface area contributed by atoms with Gasteiger partial charge in [-0.3, -0.25) is 4.79 Å². The maximum Gasteiger partial charge on any atom is 0.222 e. The van der Waals surface area contributed by atoms with Gasteiger partial charge in [-0.2, -0.15) is 0 Å². The standard InChI is InChI=1S/C13H23NO3/c1-2-17-12-3-6-14(7-4-12)13(15)9-11-5-8-16-10-11/h11-12H,2-10H2,1H3/t11-/m0/s1. The fraction of sp³-hybridized carbons (Fsp3) is 0.923. The molecule has 2 fully saturated rings. The van der Waals surface area contributed by atoms with E-state index in [0.29, 0.717) is 24.3 Å². The van der Waals surface area contributed by atoms with Crippen LogP contribution in [0.2, 0.25) is 0 Å². The Morgan fingerprint density at radius 3 is 2.71 bits per heavy atom. The van der Waals surface area contributed by atoms with Gasteiger partial charge in [-0.15, -0.1) is 0 Å². The highest BCUT2D eigenvalue weighted by atomic mass is 16.5. The monoisotopic (exact) mass is 241 g/mol. The number of likely N-dealkylation sites (tertiary alicyclic amines) is 1. The van der Waals surface area contributed by atoms with E-state index in [-0.39, 0.29) is 0 Å². The van der Waals surface area contributed by atoms with Gasteiger partial charge >= 0.3 is 0 Å². The van der Waals surface area contributed by atoms with Gasteiger partial charge in [-0.05, 0) is 32.1 Å². The average Bonchev–Trinajstić information content (AvgIpc) is 2.83. The fourth-order valence-electron chi connectivity index (χ4n) is 2.63. The second-order valence-corrected chi connectivity index (χ2v) is 4.97. The number of amides is 1. The molecule has 0 bridgehead atoms. The van der Waals surface area contributed by atoms with E-state index in [1.807, 2.05) is 11.8 Å². The lowest BCUT2D eigenvalue weighted by atomic mass is 10.0. The summed E-state index contributed by atoms with van der Waals surface area (Å²) in [4.78, 5) is 14.0. The van der Waals surface area contributed by atoms with Crippen LogP contribution in [0.25, 0.3) is 0 Å². The minimum atomic E-state index is 0.301. The highest BCUT2D eigenvalue weighted by Gasteiger charge is 2.26. The van der Waals surface area contributed by atoms with Gasteiger partial charge in [-0.25, -0.2) is 0 Å². The highest BCUT2D eigenvalue weighted by Crippen LogP contribution is 2.20. The summed E-state index contributed by atoms with van der Waals surface area (Å²) < 4.78 is 10.9. The maximum atomic E-state index is 12.0. The normalized spacial score (nSPS) is 26.4. The molecule has 2 rings (SSSR count). The zero-order chi connectivity index (χ0) is 12.1. The van der Waals surface area contributed by atoms with Gasteiger partial charge in [0, 0.05) is 39.3 Å². The fourth-order valence-corrected chi connectivity index (χ4v) is 2.63. The second-order valence-electron chi connectivity index (χ2n) is 4.97. The first-order chi connectivity index (χ1) is 8.29. The molecule has 4 heteroatoms. The third-order valence-corrected chi connectivity index (χ3v) is 3.68. The predicted molar refractivity (Wildman–Crippen MR) is 64.8 cm³/mol. The van der Waals surface area contributed by atoms with Crippen molar-refractivity contribution in [3.63, 3.8) is 0 Å². The summed E-state index contributed by atoms with van der Waals surface area (Å²) in [5.41, 5.74) is 0.